The first kappa shape index (κ1) is 17.7. The van der Waals surface area contributed by atoms with Crippen LogP contribution in [-0.4, -0.2) is 45.1 Å². The monoisotopic (exact) mass is 340 g/mol. The van der Waals surface area contributed by atoms with Gasteiger partial charge < -0.3 is 10.5 Å². The molecule has 0 saturated carbocycles. The predicted octanol–water partition coefficient (Wildman–Crippen LogP) is 1.42. The molecule has 0 spiro atoms. The van der Waals surface area contributed by atoms with Gasteiger partial charge in [0.05, 0.1) is 17.6 Å². The molecule has 20 heavy (non-hydrogen) atoms. The first-order chi connectivity index (χ1) is 8.95. The zero-order valence-corrected chi connectivity index (χ0v) is 13.5. The Morgan fingerprint density at radius 1 is 1.50 bits per heavy atom. The first-order valence-electron chi connectivity index (χ1n) is 6.03. The van der Waals surface area contributed by atoms with Gasteiger partial charge in [0.2, 0.25) is 10.0 Å². The maximum atomic E-state index is 12.6. The third-order valence-corrected chi connectivity index (χ3v) is 5.37. The summed E-state index contributed by atoms with van der Waals surface area (Å²) in [6.07, 6.45) is -0.247. The van der Waals surface area contributed by atoms with Gasteiger partial charge in [-0.1, -0.05) is 17.7 Å². The largest absolute Gasteiger partial charge is 0.374 e. The molecule has 114 valence electrons. The van der Waals surface area contributed by atoms with Crippen molar-refractivity contribution < 1.29 is 13.2 Å². The SMILES string of the molecule is Cc1ccc(Cl)cc1S(=O)(=O)N1CCOC(CN)C1.Cl. The van der Waals surface area contributed by atoms with Crippen molar-refractivity contribution >= 4 is 34.0 Å². The third kappa shape index (κ3) is 3.63. The van der Waals surface area contributed by atoms with Crippen LogP contribution in [0.1, 0.15) is 5.56 Å². The van der Waals surface area contributed by atoms with Gasteiger partial charge in [-0.05, 0) is 24.6 Å². The minimum atomic E-state index is -3.54. The van der Waals surface area contributed by atoms with E-state index in [9.17, 15) is 8.42 Å². The normalized spacial score (nSPS) is 20.4. The number of sulfonamides is 1. The van der Waals surface area contributed by atoms with Gasteiger partial charge in [-0.15, -0.1) is 12.4 Å². The summed E-state index contributed by atoms with van der Waals surface area (Å²) >= 11 is 5.89. The van der Waals surface area contributed by atoms with Crippen LogP contribution in [0.25, 0.3) is 0 Å². The highest BCUT2D eigenvalue weighted by atomic mass is 35.5. The number of ether oxygens (including phenoxy) is 1. The lowest BCUT2D eigenvalue weighted by Crippen LogP contribution is -2.48. The van der Waals surface area contributed by atoms with E-state index >= 15 is 0 Å². The zero-order chi connectivity index (χ0) is 14.0. The average Bonchev–Trinajstić information content (AvgIpc) is 2.41. The number of nitrogens with two attached hydrogens (primary N) is 1. The van der Waals surface area contributed by atoms with Crippen LogP contribution in [0.5, 0.6) is 0 Å². The predicted molar refractivity (Wildman–Crippen MR) is 81.0 cm³/mol. The Labute approximate surface area is 130 Å². The molecule has 1 heterocycles. The average molecular weight is 341 g/mol. The van der Waals surface area contributed by atoms with Crippen molar-refractivity contribution in [3.8, 4) is 0 Å². The first-order valence-corrected chi connectivity index (χ1v) is 7.85. The molecule has 0 aliphatic carbocycles. The number of hydrogen-bond acceptors (Lipinski definition) is 4. The minimum absolute atomic E-state index is 0. The standard InChI is InChI=1S/C12H17ClN2O3S.ClH/c1-9-2-3-10(13)6-12(9)19(16,17)15-4-5-18-11(7-14)8-15;/h2-3,6,11H,4-5,7-8,14H2,1H3;1H. The summed E-state index contributed by atoms with van der Waals surface area (Å²) in [6.45, 7) is 3.04. The summed E-state index contributed by atoms with van der Waals surface area (Å²) in [6, 6.07) is 4.87. The maximum Gasteiger partial charge on any atom is 0.243 e. The molecular weight excluding hydrogens is 323 g/mol. The second-order valence-electron chi connectivity index (χ2n) is 4.50. The van der Waals surface area contributed by atoms with E-state index in [0.29, 0.717) is 30.3 Å². The van der Waals surface area contributed by atoms with Crippen molar-refractivity contribution in [2.45, 2.75) is 17.9 Å². The van der Waals surface area contributed by atoms with Crippen LogP contribution in [-0.2, 0) is 14.8 Å². The lowest BCUT2D eigenvalue weighted by Gasteiger charge is -2.31. The van der Waals surface area contributed by atoms with Crippen molar-refractivity contribution in [3.05, 3.63) is 28.8 Å². The summed E-state index contributed by atoms with van der Waals surface area (Å²) in [5.74, 6) is 0. The molecular formula is C12H18Cl2N2O3S. The molecule has 1 atom stereocenters. The number of benzene rings is 1. The Kier molecular flexibility index (Phi) is 6.25. The number of halogens is 2. The lowest BCUT2D eigenvalue weighted by atomic mass is 10.2. The van der Waals surface area contributed by atoms with Crippen molar-refractivity contribution in [2.75, 3.05) is 26.2 Å². The van der Waals surface area contributed by atoms with Crippen LogP contribution >= 0.6 is 24.0 Å². The second kappa shape index (κ2) is 7.06. The summed E-state index contributed by atoms with van der Waals surface area (Å²) < 4.78 is 32.0. The highest BCUT2D eigenvalue weighted by molar-refractivity contribution is 7.89. The Morgan fingerprint density at radius 3 is 2.85 bits per heavy atom. The number of rotatable bonds is 3. The minimum Gasteiger partial charge on any atom is -0.374 e. The molecule has 0 aromatic heterocycles. The van der Waals surface area contributed by atoms with Gasteiger partial charge in [0.25, 0.3) is 0 Å². The molecule has 1 fully saturated rings. The summed E-state index contributed by atoms with van der Waals surface area (Å²) in [7, 11) is -3.54. The van der Waals surface area contributed by atoms with Crippen LogP contribution < -0.4 is 5.73 Å². The fourth-order valence-electron chi connectivity index (χ4n) is 2.04. The fraction of sp³-hybridized carbons (Fsp3) is 0.500. The van der Waals surface area contributed by atoms with Gasteiger partial charge >= 0.3 is 0 Å². The highest BCUT2D eigenvalue weighted by Crippen LogP contribution is 2.24. The lowest BCUT2D eigenvalue weighted by molar-refractivity contribution is 0.00449. The van der Waals surface area contributed by atoms with E-state index in [1.54, 1.807) is 19.1 Å². The van der Waals surface area contributed by atoms with Gasteiger partial charge in [-0.2, -0.15) is 4.31 Å². The molecule has 0 bridgehead atoms. The van der Waals surface area contributed by atoms with Crippen LogP contribution in [0.4, 0.5) is 0 Å². The van der Waals surface area contributed by atoms with Gasteiger partial charge in [0, 0.05) is 24.7 Å². The van der Waals surface area contributed by atoms with Crippen molar-refractivity contribution in [1.82, 2.24) is 4.31 Å². The number of nitrogens with zero attached hydrogens (tertiary/aromatic N) is 1. The molecule has 1 saturated heterocycles. The van der Waals surface area contributed by atoms with E-state index in [1.807, 2.05) is 0 Å². The highest BCUT2D eigenvalue weighted by Gasteiger charge is 2.31. The van der Waals surface area contributed by atoms with E-state index in [0.717, 1.165) is 0 Å². The molecule has 1 aliphatic rings. The van der Waals surface area contributed by atoms with Crippen LogP contribution in [0, 0.1) is 6.92 Å². The molecule has 0 radical (unpaired) electrons. The van der Waals surface area contributed by atoms with E-state index in [4.69, 9.17) is 22.1 Å². The summed E-state index contributed by atoms with van der Waals surface area (Å²) in [4.78, 5) is 0.248. The molecule has 2 N–H and O–H groups in total. The van der Waals surface area contributed by atoms with Crippen LogP contribution in [0.3, 0.4) is 0 Å². The Bertz CT molecular complexity index is 566. The number of morpholine rings is 1. The van der Waals surface area contributed by atoms with Gasteiger partial charge in [0.1, 0.15) is 0 Å². The van der Waals surface area contributed by atoms with Crippen molar-refractivity contribution in [3.63, 3.8) is 0 Å². The van der Waals surface area contributed by atoms with Crippen molar-refractivity contribution in [1.29, 1.82) is 0 Å². The summed E-state index contributed by atoms with van der Waals surface area (Å²) in [5, 5.41) is 0.410. The van der Waals surface area contributed by atoms with E-state index in [1.165, 1.54) is 10.4 Å². The molecule has 1 unspecified atom stereocenters. The fourth-order valence-corrected chi connectivity index (χ4v) is 3.99. The number of hydrogen-bond donors (Lipinski definition) is 1. The van der Waals surface area contributed by atoms with Crippen LogP contribution in [0.2, 0.25) is 5.02 Å². The van der Waals surface area contributed by atoms with E-state index < -0.39 is 10.0 Å². The smallest absolute Gasteiger partial charge is 0.243 e. The molecule has 0 amide bonds. The Morgan fingerprint density at radius 2 is 2.20 bits per heavy atom. The van der Waals surface area contributed by atoms with Gasteiger partial charge in [-0.3, -0.25) is 0 Å². The van der Waals surface area contributed by atoms with Crippen LogP contribution in [0.15, 0.2) is 23.1 Å². The second-order valence-corrected chi connectivity index (χ2v) is 6.84. The number of aryl methyl sites for hydroxylation is 1. The van der Waals surface area contributed by atoms with Gasteiger partial charge in [0.15, 0.2) is 0 Å². The molecule has 8 heteroatoms. The molecule has 1 aliphatic heterocycles. The topological polar surface area (TPSA) is 72.6 Å². The molecule has 1 aromatic rings. The Hall–Kier alpha value is -0.370. The van der Waals surface area contributed by atoms with Crippen molar-refractivity contribution in [2.24, 2.45) is 5.73 Å². The maximum absolute atomic E-state index is 12.6. The van der Waals surface area contributed by atoms with E-state index in [-0.39, 0.29) is 30.0 Å². The zero-order valence-electron chi connectivity index (χ0n) is 11.1. The summed E-state index contributed by atoms with van der Waals surface area (Å²) in [5.41, 5.74) is 6.21. The molecule has 2 rings (SSSR count). The molecule has 1 aromatic carbocycles. The quantitative estimate of drug-likeness (QED) is 0.903. The van der Waals surface area contributed by atoms with Gasteiger partial charge in [-0.25, -0.2) is 8.42 Å². The third-order valence-electron chi connectivity index (χ3n) is 3.13. The van der Waals surface area contributed by atoms with E-state index in [2.05, 4.69) is 0 Å². The molecule has 5 nitrogen and oxygen atoms in total. The Balaban J connectivity index is 0.00000200.